The number of hydrogen-bond donors (Lipinski definition) is 1. The number of aromatic nitrogens is 1. The van der Waals surface area contributed by atoms with Crippen molar-refractivity contribution >= 4 is 28.3 Å². The number of amides is 1. The molecule has 26 heavy (non-hydrogen) atoms. The summed E-state index contributed by atoms with van der Waals surface area (Å²) in [5.74, 6) is -0.311. The predicted molar refractivity (Wildman–Crippen MR) is 102 cm³/mol. The molecule has 0 fully saturated rings. The fraction of sp³-hybridized carbons (Fsp3) is 0.333. The fourth-order valence-electron chi connectivity index (χ4n) is 2.28. The first kappa shape index (κ1) is 20.4. The second-order valence-corrected chi connectivity index (χ2v) is 7.32. The van der Waals surface area contributed by atoms with Crippen LogP contribution in [0.4, 0.5) is 0 Å². The summed E-state index contributed by atoms with van der Waals surface area (Å²) >= 11 is 6.17. The van der Waals surface area contributed by atoms with E-state index in [9.17, 15) is 13.8 Å². The van der Waals surface area contributed by atoms with Crippen LogP contribution in [0.2, 0.25) is 5.02 Å². The van der Waals surface area contributed by atoms with E-state index in [2.05, 4.69) is 5.32 Å². The molecule has 1 N–H and O–H groups in total. The van der Waals surface area contributed by atoms with Gasteiger partial charge >= 0.3 is 0 Å². The Morgan fingerprint density at radius 3 is 2.73 bits per heavy atom. The van der Waals surface area contributed by atoms with Gasteiger partial charge in [-0.3, -0.25) is 13.8 Å². The normalized spacial score (nSPS) is 12.0. The minimum Gasteiger partial charge on any atom is -0.380 e. The Balaban J connectivity index is 2.05. The molecule has 0 saturated carbocycles. The summed E-state index contributed by atoms with van der Waals surface area (Å²) in [5, 5.41) is 3.22. The van der Waals surface area contributed by atoms with Crippen molar-refractivity contribution in [3.8, 4) is 0 Å². The van der Waals surface area contributed by atoms with Crippen LogP contribution in [0.5, 0.6) is 0 Å². The lowest BCUT2D eigenvalue weighted by atomic mass is 10.2. The van der Waals surface area contributed by atoms with Crippen molar-refractivity contribution in [3.05, 3.63) is 63.0 Å². The summed E-state index contributed by atoms with van der Waals surface area (Å²) in [7, 11) is -1.11. The third kappa shape index (κ3) is 5.52. The minimum absolute atomic E-state index is 0.188. The summed E-state index contributed by atoms with van der Waals surface area (Å²) < 4.78 is 18.1. The zero-order valence-corrected chi connectivity index (χ0v) is 16.2. The number of benzene rings is 1. The third-order valence-corrected chi connectivity index (χ3v) is 4.99. The standard InChI is InChI=1S/C18H21ClN2O4S/c1-3-25-9-8-21-12-14(5-7-17(21)22)18(23)20-11-13-4-6-15(26(2)24)10-16(13)19/h4-7,10,12H,3,8-9,11H2,1-2H3,(H,20,23). The van der Waals surface area contributed by atoms with Crippen LogP contribution in [0.1, 0.15) is 22.8 Å². The molecule has 1 heterocycles. The molecule has 0 saturated heterocycles. The molecule has 0 aliphatic rings. The number of carbonyl (C=O) groups excluding carboxylic acids is 1. The monoisotopic (exact) mass is 396 g/mol. The van der Waals surface area contributed by atoms with Gasteiger partial charge in [-0.2, -0.15) is 0 Å². The molecule has 140 valence electrons. The zero-order valence-electron chi connectivity index (χ0n) is 14.7. The molecular formula is C18H21ClN2O4S. The first-order valence-electron chi connectivity index (χ1n) is 8.10. The number of carbonyl (C=O) groups is 1. The van der Waals surface area contributed by atoms with Crippen LogP contribution >= 0.6 is 11.6 Å². The Kier molecular flexibility index (Phi) is 7.56. The van der Waals surface area contributed by atoms with Crippen LogP contribution in [0.3, 0.4) is 0 Å². The van der Waals surface area contributed by atoms with Crippen LogP contribution in [-0.2, 0) is 28.6 Å². The van der Waals surface area contributed by atoms with E-state index in [-0.39, 0.29) is 18.0 Å². The van der Waals surface area contributed by atoms with E-state index in [4.69, 9.17) is 16.3 Å². The van der Waals surface area contributed by atoms with Crippen LogP contribution in [-0.4, -0.2) is 34.2 Å². The lowest BCUT2D eigenvalue weighted by Gasteiger charge is -2.10. The molecular weight excluding hydrogens is 376 g/mol. The highest BCUT2D eigenvalue weighted by atomic mass is 35.5. The smallest absolute Gasteiger partial charge is 0.253 e. The van der Waals surface area contributed by atoms with Crippen LogP contribution in [0, 0.1) is 0 Å². The molecule has 2 aromatic rings. The second-order valence-electron chi connectivity index (χ2n) is 5.54. The number of nitrogens with one attached hydrogen (secondary N) is 1. The first-order chi connectivity index (χ1) is 12.4. The SMILES string of the molecule is CCOCCn1cc(C(=O)NCc2ccc(S(C)=O)cc2Cl)ccc1=O. The van der Waals surface area contributed by atoms with Crippen molar-refractivity contribution in [1.82, 2.24) is 9.88 Å². The molecule has 1 amide bonds. The van der Waals surface area contributed by atoms with Gasteiger partial charge in [0.1, 0.15) is 0 Å². The summed E-state index contributed by atoms with van der Waals surface area (Å²) in [4.78, 5) is 24.8. The number of ether oxygens (including phenoxy) is 1. The third-order valence-electron chi connectivity index (χ3n) is 3.72. The zero-order chi connectivity index (χ0) is 19.1. The molecule has 0 aliphatic carbocycles. The van der Waals surface area contributed by atoms with Crippen molar-refractivity contribution in [3.63, 3.8) is 0 Å². The summed E-state index contributed by atoms with van der Waals surface area (Å²) in [6.07, 6.45) is 3.09. The van der Waals surface area contributed by atoms with Gasteiger partial charge in [-0.25, -0.2) is 0 Å². The molecule has 0 aliphatic heterocycles. The van der Waals surface area contributed by atoms with E-state index in [1.165, 1.54) is 22.9 Å². The Morgan fingerprint density at radius 2 is 2.08 bits per heavy atom. The highest BCUT2D eigenvalue weighted by Crippen LogP contribution is 2.19. The van der Waals surface area contributed by atoms with Gasteiger partial charge in [-0.1, -0.05) is 17.7 Å². The summed E-state index contributed by atoms with van der Waals surface area (Å²) in [5.41, 5.74) is 0.912. The molecule has 1 unspecified atom stereocenters. The molecule has 0 spiro atoms. The molecule has 0 bridgehead atoms. The number of hydrogen-bond acceptors (Lipinski definition) is 4. The fourth-order valence-corrected chi connectivity index (χ4v) is 3.13. The first-order valence-corrected chi connectivity index (χ1v) is 10.0. The number of halogens is 1. The van der Waals surface area contributed by atoms with E-state index in [0.717, 1.165) is 5.56 Å². The molecule has 6 nitrogen and oxygen atoms in total. The summed E-state index contributed by atoms with van der Waals surface area (Å²) in [6, 6.07) is 7.94. The van der Waals surface area contributed by atoms with Gasteiger partial charge in [0.25, 0.3) is 11.5 Å². The maximum atomic E-state index is 12.3. The van der Waals surface area contributed by atoms with Crippen molar-refractivity contribution < 1.29 is 13.7 Å². The Bertz CT molecular complexity index is 867. The van der Waals surface area contributed by atoms with E-state index in [1.807, 2.05) is 6.92 Å². The quantitative estimate of drug-likeness (QED) is 0.694. The maximum absolute atomic E-state index is 12.3. The Hall–Kier alpha value is -1.96. The van der Waals surface area contributed by atoms with Gasteiger partial charge in [-0.15, -0.1) is 0 Å². The van der Waals surface area contributed by atoms with Crippen LogP contribution < -0.4 is 10.9 Å². The highest BCUT2D eigenvalue weighted by Gasteiger charge is 2.10. The molecule has 0 radical (unpaired) electrons. The Labute approximate surface area is 159 Å². The lowest BCUT2D eigenvalue weighted by molar-refractivity contribution is 0.0949. The molecule has 1 aromatic heterocycles. The summed E-state index contributed by atoms with van der Waals surface area (Å²) in [6.45, 7) is 3.46. The van der Waals surface area contributed by atoms with Crippen molar-refractivity contribution in [2.24, 2.45) is 0 Å². The number of nitrogens with zero attached hydrogens (tertiary/aromatic N) is 1. The van der Waals surface area contributed by atoms with E-state index in [0.29, 0.717) is 35.2 Å². The number of pyridine rings is 1. The average Bonchev–Trinajstić information content (AvgIpc) is 2.62. The lowest BCUT2D eigenvalue weighted by Crippen LogP contribution is -2.27. The average molecular weight is 397 g/mol. The van der Waals surface area contributed by atoms with Gasteiger partial charge in [0, 0.05) is 58.9 Å². The number of rotatable bonds is 8. The molecule has 1 aromatic carbocycles. The highest BCUT2D eigenvalue weighted by molar-refractivity contribution is 7.84. The maximum Gasteiger partial charge on any atom is 0.253 e. The van der Waals surface area contributed by atoms with Gasteiger partial charge in [0.05, 0.1) is 12.2 Å². The molecule has 2 rings (SSSR count). The van der Waals surface area contributed by atoms with E-state index in [1.54, 1.807) is 24.5 Å². The van der Waals surface area contributed by atoms with Gasteiger partial charge in [0.2, 0.25) is 0 Å². The van der Waals surface area contributed by atoms with E-state index < -0.39 is 10.8 Å². The minimum atomic E-state index is -1.11. The van der Waals surface area contributed by atoms with Crippen molar-refractivity contribution in [1.29, 1.82) is 0 Å². The van der Waals surface area contributed by atoms with Crippen molar-refractivity contribution in [2.45, 2.75) is 24.9 Å². The van der Waals surface area contributed by atoms with E-state index >= 15 is 0 Å². The van der Waals surface area contributed by atoms with Crippen LogP contribution in [0.15, 0.2) is 46.2 Å². The largest absolute Gasteiger partial charge is 0.380 e. The van der Waals surface area contributed by atoms with Gasteiger partial charge in [-0.05, 0) is 30.7 Å². The Morgan fingerprint density at radius 1 is 1.31 bits per heavy atom. The van der Waals surface area contributed by atoms with Gasteiger partial charge < -0.3 is 14.6 Å². The molecule has 8 heteroatoms. The van der Waals surface area contributed by atoms with Gasteiger partial charge in [0.15, 0.2) is 0 Å². The van der Waals surface area contributed by atoms with Crippen molar-refractivity contribution in [2.75, 3.05) is 19.5 Å². The van der Waals surface area contributed by atoms with Crippen LogP contribution in [0.25, 0.3) is 0 Å². The molecule has 1 atom stereocenters. The predicted octanol–water partition coefficient (Wildman–Crippen LogP) is 2.21. The topological polar surface area (TPSA) is 77.4 Å². The second kappa shape index (κ2) is 9.66.